The molecule has 1 saturated carbocycles. The van der Waals surface area contributed by atoms with E-state index in [1.165, 1.54) is 12.0 Å². The average molecular weight is 478 g/mol. The quantitative estimate of drug-likeness (QED) is 0.323. The Labute approximate surface area is 209 Å². The van der Waals surface area contributed by atoms with E-state index in [1.807, 2.05) is 0 Å². The summed E-state index contributed by atoms with van der Waals surface area (Å²) in [6.07, 6.45) is 5.81. The largest absolute Gasteiger partial charge is 4.00 e. The Hall–Kier alpha value is -0.809. The van der Waals surface area contributed by atoms with Crippen LogP contribution in [0.5, 0.6) is 0 Å². The van der Waals surface area contributed by atoms with Crippen molar-refractivity contribution in [2.75, 3.05) is 14.2 Å². The minimum atomic E-state index is -1.81. The molecule has 0 aliphatic heterocycles. The third-order valence-electron chi connectivity index (χ3n) is 6.01. The molecule has 0 heterocycles. The summed E-state index contributed by atoms with van der Waals surface area (Å²) in [5.41, 5.74) is 2.02. The molecule has 0 radical (unpaired) electrons. The Balaban J connectivity index is 0. The molecule has 2 aliphatic rings. The van der Waals surface area contributed by atoms with Crippen molar-refractivity contribution in [3.8, 4) is 0 Å². The van der Waals surface area contributed by atoms with E-state index in [4.69, 9.17) is 14.5 Å². The van der Waals surface area contributed by atoms with Gasteiger partial charge < -0.3 is 36.7 Å². The summed E-state index contributed by atoms with van der Waals surface area (Å²) in [5.74, 6) is 3.14. The van der Waals surface area contributed by atoms with Crippen molar-refractivity contribution in [1.29, 1.82) is 0 Å². The van der Waals surface area contributed by atoms with E-state index in [0.717, 1.165) is 11.5 Å². The van der Waals surface area contributed by atoms with Crippen molar-refractivity contribution in [3.63, 3.8) is 0 Å². The SMILES string of the molecule is COC1=CC2C(c3ccccc3)CC([Si](C)(C)[N-]C(C)(C)C)C2C=C1OC.[CH3-].[CH3-].[CH3-].[Ti+4]. The Morgan fingerprint density at radius 2 is 1.35 bits per heavy atom. The third kappa shape index (κ3) is 7.09. The fraction of sp³-hybridized carbons (Fsp3) is 0.500. The normalized spacial score (nSPS) is 24.6. The van der Waals surface area contributed by atoms with Gasteiger partial charge >= 0.3 is 21.7 Å². The van der Waals surface area contributed by atoms with Crippen LogP contribution in [0, 0.1) is 34.1 Å². The zero-order valence-electron chi connectivity index (χ0n) is 21.3. The Morgan fingerprint density at radius 3 is 1.81 bits per heavy atom. The molecule has 172 valence electrons. The van der Waals surface area contributed by atoms with Gasteiger partial charge in [-0.2, -0.15) is 0 Å². The molecule has 3 nitrogen and oxygen atoms in total. The van der Waals surface area contributed by atoms with Crippen molar-refractivity contribution < 1.29 is 31.2 Å². The van der Waals surface area contributed by atoms with Gasteiger partial charge in [0.05, 0.1) is 14.2 Å². The van der Waals surface area contributed by atoms with Crippen LogP contribution in [0.1, 0.15) is 38.7 Å². The van der Waals surface area contributed by atoms with Crippen LogP contribution in [-0.2, 0) is 31.2 Å². The summed E-state index contributed by atoms with van der Waals surface area (Å²) in [6.45, 7) is 11.5. The Bertz CT molecular complexity index is 725. The molecule has 0 spiro atoms. The molecule has 4 atom stereocenters. The fourth-order valence-electron chi connectivity index (χ4n) is 5.20. The van der Waals surface area contributed by atoms with Crippen molar-refractivity contribution in [2.45, 2.75) is 57.3 Å². The number of hydrogen-bond donors (Lipinski definition) is 0. The first-order valence-corrected chi connectivity index (χ1v) is 13.0. The van der Waals surface area contributed by atoms with Crippen molar-refractivity contribution in [1.82, 2.24) is 0 Å². The molecule has 31 heavy (non-hydrogen) atoms. The molecule has 4 unspecified atom stereocenters. The smallest absolute Gasteiger partial charge is 0.660 e. The molecule has 1 fully saturated rings. The van der Waals surface area contributed by atoms with Gasteiger partial charge in [0, 0.05) is 0 Å². The van der Waals surface area contributed by atoms with Gasteiger partial charge in [0.15, 0.2) is 11.5 Å². The minimum absolute atomic E-state index is 0. The van der Waals surface area contributed by atoms with E-state index in [1.54, 1.807) is 14.2 Å². The molecule has 5 heteroatoms. The summed E-state index contributed by atoms with van der Waals surface area (Å²) in [5, 5.41) is 0. The van der Waals surface area contributed by atoms with Crippen LogP contribution in [0.25, 0.3) is 4.98 Å². The number of benzene rings is 1. The first-order valence-electron chi connectivity index (χ1n) is 9.97. The van der Waals surface area contributed by atoms with Crippen LogP contribution in [0.2, 0.25) is 18.6 Å². The molecule has 0 saturated heterocycles. The number of methoxy groups -OCH3 is 2. The van der Waals surface area contributed by atoms with Crippen LogP contribution in [0.3, 0.4) is 0 Å². The summed E-state index contributed by atoms with van der Waals surface area (Å²) in [6, 6.07) is 11.0. The predicted octanol–water partition coefficient (Wildman–Crippen LogP) is 7.58. The van der Waals surface area contributed by atoms with Crippen LogP contribution >= 0.6 is 0 Å². The Kier molecular flexibility index (Phi) is 13.0. The molecule has 2 aliphatic carbocycles. The van der Waals surface area contributed by atoms with Crippen molar-refractivity contribution >= 4 is 8.24 Å². The molecule has 0 amide bonds. The number of fused-ring (bicyclic) bond motifs is 1. The third-order valence-corrected chi connectivity index (χ3v) is 9.69. The molecular formula is C26H43NO2SiTi. The molecule has 0 bridgehead atoms. The Morgan fingerprint density at radius 1 is 0.871 bits per heavy atom. The van der Waals surface area contributed by atoms with Crippen LogP contribution in [-0.4, -0.2) is 28.0 Å². The fourth-order valence-corrected chi connectivity index (χ4v) is 9.18. The molecule has 3 rings (SSSR count). The van der Waals surface area contributed by atoms with E-state index in [9.17, 15) is 0 Å². The van der Waals surface area contributed by atoms with Gasteiger partial charge in [-0.1, -0.05) is 78.0 Å². The van der Waals surface area contributed by atoms with Crippen LogP contribution < -0.4 is 0 Å². The second-order valence-electron chi connectivity index (χ2n) is 9.42. The maximum Gasteiger partial charge on any atom is 4.00 e. The maximum absolute atomic E-state index is 5.66. The minimum Gasteiger partial charge on any atom is -0.660 e. The molecule has 1 aromatic carbocycles. The topological polar surface area (TPSA) is 32.6 Å². The molecule has 0 N–H and O–H groups in total. The van der Waals surface area contributed by atoms with E-state index in [2.05, 4.69) is 76.3 Å². The second-order valence-corrected chi connectivity index (χ2v) is 13.7. The number of rotatable bonds is 5. The zero-order chi connectivity index (χ0) is 19.8. The van der Waals surface area contributed by atoms with E-state index in [-0.39, 0.29) is 49.5 Å². The van der Waals surface area contributed by atoms with Gasteiger partial charge in [0.2, 0.25) is 0 Å². The van der Waals surface area contributed by atoms with Crippen LogP contribution in [0.4, 0.5) is 0 Å². The average Bonchev–Trinajstić information content (AvgIpc) is 2.98. The summed E-state index contributed by atoms with van der Waals surface area (Å²) in [4.78, 5) is 5.35. The molecular weight excluding hydrogens is 434 g/mol. The first-order chi connectivity index (χ1) is 12.7. The van der Waals surface area contributed by atoms with Gasteiger partial charge in [0.25, 0.3) is 0 Å². The maximum atomic E-state index is 5.66. The number of allylic oxidation sites excluding steroid dienone is 2. The van der Waals surface area contributed by atoms with Gasteiger partial charge in [-0.3, -0.25) is 0 Å². The molecule has 1 aromatic rings. The first kappa shape index (κ1) is 32.4. The summed E-state index contributed by atoms with van der Waals surface area (Å²) in [7, 11) is 1.66. The number of nitrogens with zero attached hydrogens (tertiary/aromatic N) is 1. The number of ether oxygens (including phenoxy) is 2. The summed E-state index contributed by atoms with van der Waals surface area (Å²) < 4.78 is 11.3. The zero-order valence-corrected chi connectivity index (χ0v) is 23.9. The van der Waals surface area contributed by atoms with Gasteiger partial charge in [-0.05, 0) is 41.9 Å². The standard InChI is InChI=1S/C23H34NO2Si.3CH3.Ti/c1-23(2,3)24-27(6,7)22-15-17(16-11-9-8-10-12-16)18-13-20(25-4)21(26-5)14-19(18)22;;;;/h8-14,17-19,22H,15H2,1-7H3;3*1H3;/q4*-1;+4. The predicted molar refractivity (Wildman–Crippen MR) is 135 cm³/mol. The number of hydrogen-bond acceptors (Lipinski definition) is 2. The van der Waals surface area contributed by atoms with Crippen molar-refractivity contribution in [3.05, 3.63) is 86.8 Å². The van der Waals surface area contributed by atoms with Gasteiger partial charge in [0.1, 0.15) is 0 Å². The van der Waals surface area contributed by atoms with E-state index >= 15 is 0 Å². The molecule has 0 aromatic heterocycles. The monoisotopic (exact) mass is 477 g/mol. The van der Waals surface area contributed by atoms with Crippen molar-refractivity contribution in [2.24, 2.45) is 11.8 Å². The van der Waals surface area contributed by atoms with E-state index < -0.39 is 8.24 Å². The van der Waals surface area contributed by atoms with Gasteiger partial charge in [-0.15, -0.1) is 5.54 Å². The summed E-state index contributed by atoms with van der Waals surface area (Å²) >= 11 is 0. The van der Waals surface area contributed by atoms with Gasteiger partial charge in [-0.25, -0.2) is 0 Å². The van der Waals surface area contributed by atoms with Crippen LogP contribution in [0.15, 0.2) is 54.0 Å². The second kappa shape index (κ2) is 12.4. The van der Waals surface area contributed by atoms with E-state index in [0.29, 0.717) is 23.3 Å².